The van der Waals surface area contributed by atoms with Crippen molar-refractivity contribution in [2.45, 2.75) is 19.5 Å². The van der Waals surface area contributed by atoms with Crippen LogP contribution in [0, 0.1) is 5.41 Å². The first-order chi connectivity index (χ1) is 8.77. The molecule has 0 aliphatic carbocycles. The predicted octanol–water partition coefficient (Wildman–Crippen LogP) is 2.98. The molecule has 0 amide bonds. The van der Waals surface area contributed by atoms with E-state index in [1.54, 1.807) is 6.20 Å². The molecule has 0 fully saturated rings. The molecule has 1 aromatic carbocycles. The number of amidine groups is 1. The largest absolute Gasteiger partial charge is 0.345 e. The lowest BCUT2D eigenvalue weighted by atomic mass is 10.1. The predicted molar refractivity (Wildman–Crippen MR) is 71.5 cm³/mol. The van der Waals surface area contributed by atoms with Crippen LogP contribution in [-0.2, 0) is 6.54 Å². The minimum absolute atomic E-state index is 0.179. The molecule has 1 unspecified atom stereocenters. The minimum atomic E-state index is 0.179. The number of nitrogens with one attached hydrogen (secondary N) is 1. The van der Waals surface area contributed by atoms with Crippen molar-refractivity contribution in [3.05, 3.63) is 65.5 Å². The number of nitrogens with zero attached hydrogens (tertiary/aromatic N) is 2. The summed E-state index contributed by atoms with van der Waals surface area (Å²) in [6.45, 7) is 2.93. The highest BCUT2D eigenvalue weighted by molar-refractivity contribution is 6.00. The van der Waals surface area contributed by atoms with E-state index in [0.717, 1.165) is 17.7 Å². The maximum atomic E-state index is 8.27. The number of pyridine rings is 1. The average Bonchev–Trinajstić information content (AvgIpc) is 2.77. The molecule has 1 aliphatic heterocycles. The van der Waals surface area contributed by atoms with Crippen LogP contribution in [0.2, 0.25) is 0 Å². The Balaban J connectivity index is 1.91. The fourth-order valence-corrected chi connectivity index (χ4v) is 2.44. The third-order valence-electron chi connectivity index (χ3n) is 3.53. The Morgan fingerprint density at radius 3 is 2.78 bits per heavy atom. The highest BCUT2D eigenvalue weighted by Crippen LogP contribution is 2.30. The Hall–Kier alpha value is -2.16. The van der Waals surface area contributed by atoms with Gasteiger partial charge in [-0.25, -0.2) is 0 Å². The third kappa shape index (κ3) is 1.68. The average molecular weight is 237 g/mol. The van der Waals surface area contributed by atoms with Gasteiger partial charge >= 0.3 is 0 Å². The molecule has 0 radical (unpaired) electrons. The Labute approximate surface area is 107 Å². The molecule has 3 heteroatoms. The fourth-order valence-electron chi connectivity index (χ4n) is 2.44. The SMILES string of the molecule is CC(c1cccnc1)N1Cc2ccccc2C1=N. The van der Waals surface area contributed by atoms with Gasteiger partial charge in [0.25, 0.3) is 0 Å². The van der Waals surface area contributed by atoms with E-state index in [-0.39, 0.29) is 6.04 Å². The Kier molecular flexibility index (Phi) is 2.59. The van der Waals surface area contributed by atoms with Gasteiger partial charge in [-0.15, -0.1) is 0 Å². The van der Waals surface area contributed by atoms with E-state index in [1.807, 2.05) is 30.5 Å². The van der Waals surface area contributed by atoms with Gasteiger partial charge in [0.15, 0.2) is 0 Å². The standard InChI is InChI=1S/C15H15N3/c1-11(12-6-4-8-17-9-12)18-10-13-5-2-3-7-14(13)15(18)16/h2-9,11,16H,10H2,1H3. The van der Waals surface area contributed by atoms with Gasteiger partial charge in [-0.05, 0) is 24.1 Å². The third-order valence-corrected chi connectivity index (χ3v) is 3.53. The monoisotopic (exact) mass is 237 g/mol. The first-order valence-corrected chi connectivity index (χ1v) is 6.11. The number of aromatic nitrogens is 1. The molecule has 1 N–H and O–H groups in total. The molecular formula is C15H15N3. The maximum absolute atomic E-state index is 8.27. The van der Waals surface area contributed by atoms with Gasteiger partial charge in [-0.3, -0.25) is 10.4 Å². The summed E-state index contributed by atoms with van der Waals surface area (Å²) in [5.41, 5.74) is 3.43. The molecule has 1 atom stereocenters. The lowest BCUT2D eigenvalue weighted by molar-refractivity contribution is 0.341. The summed E-state index contributed by atoms with van der Waals surface area (Å²) in [7, 11) is 0. The van der Waals surface area contributed by atoms with Gasteiger partial charge in [0, 0.05) is 24.5 Å². The van der Waals surface area contributed by atoms with Crippen LogP contribution in [-0.4, -0.2) is 15.7 Å². The summed E-state index contributed by atoms with van der Waals surface area (Å²) in [6.07, 6.45) is 3.65. The fraction of sp³-hybridized carbons (Fsp3) is 0.200. The van der Waals surface area contributed by atoms with Crippen LogP contribution in [0.5, 0.6) is 0 Å². The molecule has 0 spiro atoms. The maximum Gasteiger partial charge on any atom is 0.129 e. The first-order valence-electron chi connectivity index (χ1n) is 6.11. The summed E-state index contributed by atoms with van der Waals surface area (Å²) >= 11 is 0. The zero-order valence-electron chi connectivity index (χ0n) is 10.3. The number of fused-ring (bicyclic) bond motifs is 1. The van der Waals surface area contributed by atoms with E-state index in [9.17, 15) is 0 Å². The lowest BCUT2D eigenvalue weighted by Gasteiger charge is -2.26. The van der Waals surface area contributed by atoms with Gasteiger partial charge < -0.3 is 4.90 Å². The van der Waals surface area contributed by atoms with Crippen molar-refractivity contribution in [1.29, 1.82) is 5.41 Å². The highest BCUT2D eigenvalue weighted by Gasteiger charge is 2.27. The molecule has 2 aromatic rings. The zero-order valence-corrected chi connectivity index (χ0v) is 10.3. The van der Waals surface area contributed by atoms with Crippen molar-refractivity contribution >= 4 is 5.84 Å². The van der Waals surface area contributed by atoms with Crippen molar-refractivity contribution in [3.63, 3.8) is 0 Å². The second kappa shape index (κ2) is 4.26. The van der Waals surface area contributed by atoms with Crippen LogP contribution in [0.25, 0.3) is 0 Å². The smallest absolute Gasteiger partial charge is 0.129 e. The van der Waals surface area contributed by atoms with E-state index in [0.29, 0.717) is 5.84 Å². The van der Waals surface area contributed by atoms with Crippen LogP contribution >= 0.6 is 0 Å². The van der Waals surface area contributed by atoms with Crippen molar-refractivity contribution in [2.24, 2.45) is 0 Å². The second-order valence-corrected chi connectivity index (χ2v) is 4.60. The number of hydrogen-bond acceptors (Lipinski definition) is 2. The quantitative estimate of drug-likeness (QED) is 0.872. The normalized spacial score (nSPS) is 15.6. The van der Waals surface area contributed by atoms with E-state index < -0.39 is 0 Å². The molecule has 1 aliphatic rings. The van der Waals surface area contributed by atoms with Crippen LogP contribution < -0.4 is 0 Å². The van der Waals surface area contributed by atoms with Gasteiger partial charge in [-0.1, -0.05) is 30.3 Å². The molecule has 0 saturated heterocycles. The summed E-state index contributed by atoms with van der Waals surface area (Å²) in [5, 5.41) is 8.27. The zero-order chi connectivity index (χ0) is 12.5. The molecule has 2 heterocycles. The molecule has 18 heavy (non-hydrogen) atoms. The second-order valence-electron chi connectivity index (χ2n) is 4.60. The van der Waals surface area contributed by atoms with Gasteiger partial charge in [-0.2, -0.15) is 0 Å². The topological polar surface area (TPSA) is 40.0 Å². The minimum Gasteiger partial charge on any atom is -0.345 e. The molecule has 90 valence electrons. The van der Waals surface area contributed by atoms with E-state index >= 15 is 0 Å². The van der Waals surface area contributed by atoms with Gasteiger partial charge in [0.2, 0.25) is 0 Å². The van der Waals surface area contributed by atoms with Gasteiger partial charge in [0.05, 0.1) is 6.04 Å². The van der Waals surface area contributed by atoms with Crippen molar-refractivity contribution in [3.8, 4) is 0 Å². The van der Waals surface area contributed by atoms with Crippen LogP contribution in [0.1, 0.15) is 29.7 Å². The van der Waals surface area contributed by atoms with E-state index in [1.165, 1.54) is 5.56 Å². The highest BCUT2D eigenvalue weighted by atomic mass is 15.2. The number of hydrogen-bond donors (Lipinski definition) is 1. The molecule has 1 aromatic heterocycles. The van der Waals surface area contributed by atoms with Gasteiger partial charge in [0.1, 0.15) is 5.84 Å². The van der Waals surface area contributed by atoms with E-state index in [4.69, 9.17) is 5.41 Å². The molecule has 0 saturated carbocycles. The summed E-state index contributed by atoms with van der Waals surface area (Å²) in [6, 6.07) is 12.3. The van der Waals surface area contributed by atoms with Crippen molar-refractivity contribution < 1.29 is 0 Å². The summed E-state index contributed by atoms with van der Waals surface area (Å²) < 4.78 is 0. The Bertz CT molecular complexity index is 577. The summed E-state index contributed by atoms with van der Waals surface area (Å²) in [5.74, 6) is 0.613. The first kappa shape index (κ1) is 11.0. The van der Waals surface area contributed by atoms with Crippen LogP contribution in [0.15, 0.2) is 48.8 Å². The summed E-state index contributed by atoms with van der Waals surface area (Å²) in [4.78, 5) is 6.27. The number of benzene rings is 1. The van der Waals surface area contributed by atoms with Crippen LogP contribution in [0.4, 0.5) is 0 Å². The molecule has 0 bridgehead atoms. The molecule has 3 rings (SSSR count). The van der Waals surface area contributed by atoms with Crippen LogP contribution in [0.3, 0.4) is 0 Å². The molecular weight excluding hydrogens is 222 g/mol. The van der Waals surface area contributed by atoms with Crippen molar-refractivity contribution in [1.82, 2.24) is 9.88 Å². The Morgan fingerprint density at radius 1 is 1.22 bits per heavy atom. The molecule has 3 nitrogen and oxygen atoms in total. The lowest BCUT2D eigenvalue weighted by Crippen LogP contribution is -2.27. The Morgan fingerprint density at radius 2 is 2.06 bits per heavy atom. The van der Waals surface area contributed by atoms with Crippen molar-refractivity contribution in [2.75, 3.05) is 0 Å². The number of rotatable bonds is 2. The van der Waals surface area contributed by atoms with E-state index in [2.05, 4.69) is 28.9 Å².